The number of carboxylic acids is 1. The molecule has 0 unspecified atom stereocenters. The lowest BCUT2D eigenvalue weighted by atomic mass is 9.87. The number of benzene rings is 2. The fourth-order valence-corrected chi connectivity index (χ4v) is 3.88. The van der Waals surface area contributed by atoms with Crippen LogP contribution in [-0.4, -0.2) is 28.0 Å². The molecule has 6 nitrogen and oxygen atoms in total. The average Bonchev–Trinajstić information content (AvgIpc) is 3.02. The fourth-order valence-electron chi connectivity index (χ4n) is 3.18. The standard InChI is InChI=1S/C19H14Cl3NO5/c20-13-9-15(22)14(21)8-12(13)19(17(25)26)7-6-16(24)23(19)18(27)28-10-11-4-2-1-3-5-11/h1-5,8-9H,6-7,10H2,(H,25,26)/t19-/m0/s1. The molecule has 1 saturated heterocycles. The van der Waals surface area contributed by atoms with Crippen molar-refractivity contribution in [2.24, 2.45) is 0 Å². The minimum Gasteiger partial charge on any atom is -0.479 e. The highest BCUT2D eigenvalue weighted by Gasteiger charge is 2.57. The summed E-state index contributed by atoms with van der Waals surface area (Å²) in [7, 11) is 0. The number of imide groups is 1. The largest absolute Gasteiger partial charge is 0.479 e. The Bertz CT molecular complexity index is 950. The molecule has 1 N–H and O–H groups in total. The third-order valence-corrected chi connectivity index (χ3v) is 5.56. The Kier molecular flexibility index (Phi) is 5.84. The summed E-state index contributed by atoms with van der Waals surface area (Å²) in [6, 6.07) is 11.3. The van der Waals surface area contributed by atoms with Gasteiger partial charge in [-0.1, -0.05) is 65.1 Å². The lowest BCUT2D eigenvalue weighted by molar-refractivity contribution is -0.153. The molecule has 0 bridgehead atoms. The van der Waals surface area contributed by atoms with E-state index in [1.54, 1.807) is 30.3 Å². The lowest BCUT2D eigenvalue weighted by Gasteiger charge is -2.33. The van der Waals surface area contributed by atoms with Crippen LogP contribution in [0.25, 0.3) is 0 Å². The van der Waals surface area contributed by atoms with Crippen molar-refractivity contribution in [1.29, 1.82) is 0 Å². The number of hydrogen-bond donors (Lipinski definition) is 1. The second kappa shape index (κ2) is 7.99. The molecule has 1 atom stereocenters. The number of rotatable bonds is 4. The van der Waals surface area contributed by atoms with E-state index in [0.29, 0.717) is 10.5 Å². The average molecular weight is 443 g/mol. The van der Waals surface area contributed by atoms with Gasteiger partial charge in [-0.15, -0.1) is 0 Å². The third kappa shape index (κ3) is 3.55. The molecule has 1 heterocycles. The molecular weight excluding hydrogens is 429 g/mol. The number of hydrogen-bond acceptors (Lipinski definition) is 4. The maximum atomic E-state index is 12.7. The number of carbonyl (C=O) groups is 3. The van der Waals surface area contributed by atoms with Gasteiger partial charge in [0.25, 0.3) is 0 Å². The molecule has 9 heteroatoms. The molecular formula is C19H14Cl3NO5. The van der Waals surface area contributed by atoms with Crippen LogP contribution in [0.1, 0.15) is 24.0 Å². The van der Waals surface area contributed by atoms with Crippen LogP contribution < -0.4 is 0 Å². The first-order valence-electron chi connectivity index (χ1n) is 8.19. The molecule has 0 radical (unpaired) electrons. The molecule has 0 spiro atoms. The Morgan fingerprint density at radius 2 is 1.71 bits per heavy atom. The molecule has 3 rings (SSSR count). The highest BCUT2D eigenvalue weighted by molar-refractivity contribution is 6.43. The Balaban J connectivity index is 2.00. The first kappa shape index (κ1) is 20.5. The minimum absolute atomic E-state index is 0.00132. The molecule has 0 aromatic heterocycles. The summed E-state index contributed by atoms with van der Waals surface area (Å²) in [6.45, 7) is -0.117. The maximum absolute atomic E-state index is 12.7. The third-order valence-electron chi connectivity index (χ3n) is 4.53. The van der Waals surface area contributed by atoms with E-state index < -0.39 is 23.5 Å². The molecule has 1 aliphatic rings. The van der Waals surface area contributed by atoms with Crippen molar-refractivity contribution in [3.8, 4) is 0 Å². The van der Waals surface area contributed by atoms with Gasteiger partial charge in [-0.2, -0.15) is 0 Å². The Morgan fingerprint density at radius 1 is 1.07 bits per heavy atom. The maximum Gasteiger partial charge on any atom is 0.418 e. The predicted octanol–water partition coefficient (Wildman–Crippen LogP) is 4.89. The summed E-state index contributed by atoms with van der Waals surface area (Å²) in [6.07, 6.45) is -1.40. The van der Waals surface area contributed by atoms with Gasteiger partial charge in [0.05, 0.1) is 10.0 Å². The van der Waals surface area contributed by atoms with Crippen LogP contribution in [-0.2, 0) is 26.5 Å². The number of amides is 2. The van der Waals surface area contributed by atoms with Crippen LogP contribution in [0.5, 0.6) is 0 Å². The van der Waals surface area contributed by atoms with E-state index in [0.717, 1.165) is 0 Å². The van der Waals surface area contributed by atoms with Gasteiger partial charge in [-0.3, -0.25) is 4.79 Å². The summed E-state index contributed by atoms with van der Waals surface area (Å²) < 4.78 is 5.20. The van der Waals surface area contributed by atoms with E-state index >= 15 is 0 Å². The number of aliphatic carboxylic acids is 1. The first-order valence-corrected chi connectivity index (χ1v) is 9.33. The van der Waals surface area contributed by atoms with Gasteiger partial charge in [0, 0.05) is 17.0 Å². The van der Waals surface area contributed by atoms with Crippen molar-refractivity contribution in [2.45, 2.75) is 25.0 Å². The zero-order chi connectivity index (χ0) is 20.5. The highest BCUT2D eigenvalue weighted by Crippen LogP contribution is 2.45. The topological polar surface area (TPSA) is 83.9 Å². The van der Waals surface area contributed by atoms with E-state index in [1.807, 2.05) is 0 Å². The van der Waals surface area contributed by atoms with E-state index in [-0.39, 0.29) is 40.1 Å². The summed E-state index contributed by atoms with van der Waals surface area (Å²) in [5.41, 5.74) is -1.34. The fraction of sp³-hybridized carbons (Fsp3) is 0.211. The van der Waals surface area contributed by atoms with E-state index in [9.17, 15) is 19.5 Å². The molecule has 1 aliphatic heterocycles. The zero-order valence-electron chi connectivity index (χ0n) is 14.3. The van der Waals surface area contributed by atoms with E-state index in [4.69, 9.17) is 39.5 Å². The van der Waals surface area contributed by atoms with Crippen LogP contribution >= 0.6 is 34.8 Å². The quantitative estimate of drug-likeness (QED) is 0.682. The number of carbonyl (C=O) groups excluding carboxylic acids is 2. The van der Waals surface area contributed by atoms with Crippen molar-refractivity contribution >= 4 is 52.8 Å². The second-order valence-electron chi connectivity index (χ2n) is 6.18. The lowest BCUT2D eigenvalue weighted by Crippen LogP contribution is -2.52. The van der Waals surface area contributed by atoms with Crippen molar-refractivity contribution in [2.75, 3.05) is 0 Å². The second-order valence-corrected chi connectivity index (χ2v) is 7.40. The zero-order valence-corrected chi connectivity index (χ0v) is 16.6. The summed E-state index contributed by atoms with van der Waals surface area (Å²) in [5.74, 6) is -2.10. The van der Waals surface area contributed by atoms with Gasteiger partial charge in [-0.05, 0) is 24.1 Å². The Morgan fingerprint density at radius 3 is 2.36 bits per heavy atom. The number of nitrogens with zero attached hydrogens (tertiary/aromatic N) is 1. The van der Waals surface area contributed by atoms with Gasteiger partial charge in [-0.25, -0.2) is 14.5 Å². The van der Waals surface area contributed by atoms with E-state index in [2.05, 4.69) is 0 Å². The highest BCUT2D eigenvalue weighted by atomic mass is 35.5. The van der Waals surface area contributed by atoms with E-state index in [1.165, 1.54) is 12.1 Å². The molecule has 0 aliphatic carbocycles. The van der Waals surface area contributed by atoms with Crippen molar-refractivity contribution in [3.63, 3.8) is 0 Å². The smallest absolute Gasteiger partial charge is 0.418 e. The molecule has 1 fully saturated rings. The first-order chi connectivity index (χ1) is 13.3. The minimum atomic E-state index is -2.03. The number of halogens is 3. The summed E-state index contributed by atoms with van der Waals surface area (Å²) >= 11 is 18.2. The molecule has 0 saturated carbocycles. The predicted molar refractivity (Wildman–Crippen MR) is 103 cm³/mol. The van der Waals surface area contributed by atoms with Gasteiger partial charge in [0.2, 0.25) is 5.91 Å². The number of ether oxygens (including phenoxy) is 1. The summed E-state index contributed by atoms with van der Waals surface area (Å²) in [5, 5.41) is 10.1. The summed E-state index contributed by atoms with van der Waals surface area (Å²) in [4.78, 5) is 38.0. The molecule has 2 amide bonds. The van der Waals surface area contributed by atoms with Crippen molar-refractivity contribution in [1.82, 2.24) is 4.90 Å². The van der Waals surface area contributed by atoms with Gasteiger partial charge in [0.15, 0.2) is 5.54 Å². The van der Waals surface area contributed by atoms with Crippen LogP contribution in [0, 0.1) is 0 Å². The van der Waals surface area contributed by atoms with Crippen molar-refractivity contribution < 1.29 is 24.2 Å². The van der Waals surface area contributed by atoms with Crippen LogP contribution in [0.3, 0.4) is 0 Å². The van der Waals surface area contributed by atoms with Gasteiger partial charge < -0.3 is 9.84 Å². The number of likely N-dealkylation sites (tertiary alicyclic amines) is 1. The van der Waals surface area contributed by atoms with Gasteiger partial charge in [0.1, 0.15) is 6.61 Å². The molecule has 28 heavy (non-hydrogen) atoms. The Hall–Kier alpha value is -2.28. The SMILES string of the molecule is O=C1CC[C@@](C(=O)O)(c2cc(Cl)c(Cl)cc2Cl)N1C(=O)OCc1ccccc1. The molecule has 2 aromatic carbocycles. The normalized spacial score (nSPS) is 19.0. The van der Waals surface area contributed by atoms with Crippen LogP contribution in [0.2, 0.25) is 15.1 Å². The van der Waals surface area contributed by atoms with Crippen LogP contribution in [0.15, 0.2) is 42.5 Å². The van der Waals surface area contributed by atoms with Crippen LogP contribution in [0.4, 0.5) is 4.79 Å². The molecule has 2 aromatic rings. The number of carboxylic acid groups (broad SMARTS) is 1. The van der Waals surface area contributed by atoms with Crippen molar-refractivity contribution in [3.05, 3.63) is 68.7 Å². The molecule has 146 valence electrons. The monoisotopic (exact) mass is 441 g/mol. The Labute approximate surface area is 175 Å². The van der Waals surface area contributed by atoms with Gasteiger partial charge >= 0.3 is 12.1 Å².